The molecule has 0 amide bonds. The highest BCUT2D eigenvalue weighted by Crippen LogP contribution is 2.40. The number of aromatic nitrogens is 5. The Bertz CT molecular complexity index is 1160. The van der Waals surface area contributed by atoms with Crippen LogP contribution in [0, 0.1) is 17.7 Å². The van der Waals surface area contributed by atoms with E-state index in [1.165, 1.54) is 18.2 Å². The number of methoxy groups -OCH3 is 1. The molecule has 2 atom stereocenters. The van der Waals surface area contributed by atoms with Crippen LogP contribution in [0.15, 0.2) is 30.5 Å². The van der Waals surface area contributed by atoms with E-state index in [0.717, 1.165) is 31.6 Å². The van der Waals surface area contributed by atoms with Crippen molar-refractivity contribution >= 4 is 23.2 Å². The third-order valence-corrected chi connectivity index (χ3v) is 6.80. The smallest absolute Gasteiger partial charge is 0.322 e. The fraction of sp³-hybridized carbons (Fsp3) is 0.478. The highest BCUT2D eigenvalue weighted by molar-refractivity contribution is 6.30. The lowest BCUT2D eigenvalue weighted by Crippen LogP contribution is -2.48. The van der Waals surface area contributed by atoms with Gasteiger partial charge in [-0.05, 0) is 50.7 Å². The summed E-state index contributed by atoms with van der Waals surface area (Å²) in [6.45, 7) is 5.82. The van der Waals surface area contributed by atoms with E-state index in [4.69, 9.17) is 21.1 Å². The van der Waals surface area contributed by atoms with Gasteiger partial charge in [0.05, 0.1) is 30.1 Å². The molecule has 34 heavy (non-hydrogen) atoms. The van der Waals surface area contributed by atoms with Crippen molar-refractivity contribution in [2.75, 3.05) is 30.4 Å². The first kappa shape index (κ1) is 22.6. The Hall–Kier alpha value is -3.14. The van der Waals surface area contributed by atoms with Gasteiger partial charge in [-0.15, -0.1) is 10.2 Å². The molecule has 1 saturated carbocycles. The van der Waals surface area contributed by atoms with Gasteiger partial charge in [0, 0.05) is 31.3 Å². The summed E-state index contributed by atoms with van der Waals surface area (Å²) in [6, 6.07) is 6.78. The third-order valence-electron chi connectivity index (χ3n) is 6.51. The summed E-state index contributed by atoms with van der Waals surface area (Å²) in [7, 11) is 1.60. The van der Waals surface area contributed by atoms with Crippen molar-refractivity contribution in [2.45, 2.75) is 38.8 Å². The number of hydrogen-bond acceptors (Lipinski definition) is 8. The van der Waals surface area contributed by atoms with Gasteiger partial charge in [-0.1, -0.05) is 11.6 Å². The molecule has 9 nitrogen and oxygen atoms in total. The van der Waals surface area contributed by atoms with Gasteiger partial charge in [0.1, 0.15) is 11.6 Å². The zero-order chi connectivity index (χ0) is 23.8. The quantitative estimate of drug-likeness (QED) is 0.518. The van der Waals surface area contributed by atoms with E-state index in [1.807, 2.05) is 19.9 Å². The number of fused-ring (bicyclic) bond motifs is 2. The second-order valence-electron chi connectivity index (χ2n) is 9.06. The van der Waals surface area contributed by atoms with Crippen LogP contribution in [0.25, 0.3) is 0 Å². The van der Waals surface area contributed by atoms with Gasteiger partial charge in [-0.25, -0.2) is 9.07 Å². The molecule has 11 heteroatoms. The molecule has 3 heterocycles. The minimum absolute atomic E-state index is 0.00295. The highest BCUT2D eigenvalue weighted by atomic mass is 35.5. The molecule has 2 bridgehead atoms. The highest BCUT2D eigenvalue weighted by Gasteiger charge is 2.43. The topological polar surface area (TPSA) is 90.2 Å². The predicted molar refractivity (Wildman–Crippen MR) is 126 cm³/mol. The minimum atomic E-state index is -0.496. The first-order valence-electron chi connectivity index (χ1n) is 11.4. The van der Waals surface area contributed by atoms with Crippen molar-refractivity contribution < 1.29 is 13.9 Å². The number of piperidine rings is 1. The van der Waals surface area contributed by atoms with Crippen molar-refractivity contribution in [3.63, 3.8) is 0 Å². The summed E-state index contributed by atoms with van der Waals surface area (Å²) >= 11 is 5.90. The maximum atomic E-state index is 13.5. The minimum Gasteiger partial charge on any atom is -0.480 e. The summed E-state index contributed by atoms with van der Waals surface area (Å²) < 4.78 is 26.4. The molecule has 1 aromatic carbocycles. The van der Waals surface area contributed by atoms with Crippen molar-refractivity contribution in [3.8, 4) is 17.6 Å². The summed E-state index contributed by atoms with van der Waals surface area (Å²) in [4.78, 5) is 6.95. The molecule has 5 rings (SSSR count). The molecule has 0 radical (unpaired) electrons. The van der Waals surface area contributed by atoms with Crippen LogP contribution in [-0.4, -0.2) is 51.2 Å². The van der Waals surface area contributed by atoms with E-state index in [0.29, 0.717) is 35.4 Å². The number of ether oxygens (including phenoxy) is 2. The Balaban J connectivity index is 1.32. The monoisotopic (exact) mass is 487 g/mol. The molecule has 0 spiro atoms. The standard InChI is InChI=1S/C23H27ClFN7O2/c1-13(2)32-23(34-17-6-7-19(25)18(24)9-17)28-22(30-32)27-21-14-4-5-15(21)12-31(11-14)16-8-20(33-3)29-26-10-16/h6-10,13-15,21H,4-5,11-12H2,1-3H3,(H,27,30). The summed E-state index contributed by atoms with van der Waals surface area (Å²) in [5.41, 5.74) is 1.03. The molecular weight excluding hydrogens is 461 g/mol. The average molecular weight is 488 g/mol. The van der Waals surface area contributed by atoms with Crippen LogP contribution in [0.3, 0.4) is 0 Å². The molecule has 3 aromatic rings. The third kappa shape index (κ3) is 4.46. The first-order valence-corrected chi connectivity index (χ1v) is 11.8. The van der Waals surface area contributed by atoms with Crippen LogP contribution >= 0.6 is 11.6 Å². The Morgan fingerprint density at radius 2 is 1.94 bits per heavy atom. The van der Waals surface area contributed by atoms with Gasteiger partial charge in [-0.3, -0.25) is 0 Å². The van der Waals surface area contributed by atoms with E-state index in [9.17, 15) is 4.39 Å². The second-order valence-corrected chi connectivity index (χ2v) is 9.47. The number of hydrogen-bond donors (Lipinski definition) is 1. The molecule has 2 aliphatic rings. The lowest BCUT2D eigenvalue weighted by molar-refractivity contribution is 0.372. The second kappa shape index (κ2) is 9.25. The fourth-order valence-electron chi connectivity index (χ4n) is 4.85. The molecular formula is C23H27ClFN7O2. The van der Waals surface area contributed by atoms with Crippen LogP contribution in [0.2, 0.25) is 5.02 Å². The Kier molecular flexibility index (Phi) is 6.16. The zero-order valence-corrected chi connectivity index (χ0v) is 20.0. The van der Waals surface area contributed by atoms with Crippen molar-refractivity contribution in [1.82, 2.24) is 25.0 Å². The van der Waals surface area contributed by atoms with Crippen LogP contribution in [0.1, 0.15) is 32.7 Å². The van der Waals surface area contributed by atoms with Crippen LogP contribution in [0.5, 0.6) is 17.6 Å². The fourth-order valence-corrected chi connectivity index (χ4v) is 5.02. The summed E-state index contributed by atoms with van der Waals surface area (Å²) in [6.07, 6.45) is 4.06. The number of nitrogens with one attached hydrogen (secondary N) is 1. The van der Waals surface area contributed by atoms with E-state index in [1.54, 1.807) is 18.0 Å². The number of anilines is 2. The summed E-state index contributed by atoms with van der Waals surface area (Å²) in [5.74, 6) is 1.85. The Labute approximate surface area is 202 Å². The van der Waals surface area contributed by atoms with E-state index >= 15 is 0 Å². The molecule has 1 saturated heterocycles. The number of benzene rings is 1. The van der Waals surface area contributed by atoms with Crippen molar-refractivity contribution in [3.05, 3.63) is 41.3 Å². The number of rotatable bonds is 7. The molecule has 2 unspecified atom stereocenters. The average Bonchev–Trinajstić information content (AvgIpc) is 3.32. The van der Waals surface area contributed by atoms with Gasteiger partial charge >= 0.3 is 6.01 Å². The molecule has 180 valence electrons. The van der Waals surface area contributed by atoms with Gasteiger partial charge in [-0.2, -0.15) is 10.1 Å². The van der Waals surface area contributed by atoms with Crippen LogP contribution < -0.4 is 19.7 Å². The van der Waals surface area contributed by atoms with Crippen molar-refractivity contribution in [2.24, 2.45) is 11.8 Å². The largest absolute Gasteiger partial charge is 0.480 e. The SMILES string of the molecule is COc1cc(N2CC3CCC(C2)C3Nc2nc(Oc3ccc(F)c(Cl)c3)n(C(C)C)n2)cnn1. The molecule has 2 aromatic heterocycles. The maximum Gasteiger partial charge on any atom is 0.322 e. The summed E-state index contributed by atoms with van der Waals surface area (Å²) in [5, 5.41) is 16.3. The Morgan fingerprint density at radius 1 is 1.18 bits per heavy atom. The van der Waals surface area contributed by atoms with E-state index in [2.05, 4.69) is 30.5 Å². The molecule has 1 N–H and O–H groups in total. The lowest BCUT2D eigenvalue weighted by atomic mass is 9.92. The lowest BCUT2D eigenvalue weighted by Gasteiger charge is -2.39. The number of halogens is 2. The first-order chi connectivity index (χ1) is 16.4. The van der Waals surface area contributed by atoms with Gasteiger partial charge < -0.3 is 19.7 Å². The normalized spacial score (nSPS) is 21.7. The van der Waals surface area contributed by atoms with E-state index < -0.39 is 5.82 Å². The zero-order valence-electron chi connectivity index (χ0n) is 19.3. The van der Waals surface area contributed by atoms with Gasteiger partial charge in [0.25, 0.3) is 0 Å². The maximum absolute atomic E-state index is 13.5. The van der Waals surface area contributed by atoms with Crippen molar-refractivity contribution in [1.29, 1.82) is 0 Å². The van der Waals surface area contributed by atoms with Crippen LogP contribution in [0.4, 0.5) is 16.0 Å². The molecule has 2 fully saturated rings. The van der Waals surface area contributed by atoms with Gasteiger partial charge in [0.15, 0.2) is 0 Å². The van der Waals surface area contributed by atoms with Gasteiger partial charge in [0.2, 0.25) is 11.8 Å². The van der Waals surface area contributed by atoms with Crippen LogP contribution in [-0.2, 0) is 0 Å². The molecule has 1 aliphatic heterocycles. The van der Waals surface area contributed by atoms with E-state index in [-0.39, 0.29) is 17.1 Å². The molecule has 1 aliphatic carbocycles. The number of nitrogens with zero attached hydrogens (tertiary/aromatic N) is 6. The predicted octanol–water partition coefficient (Wildman–Crippen LogP) is 4.57. The Morgan fingerprint density at radius 3 is 2.62 bits per heavy atom.